The molecule has 5 rings (SSSR count). The highest BCUT2D eigenvalue weighted by Gasteiger charge is 2.43. The molecule has 0 spiro atoms. The van der Waals surface area contributed by atoms with Crippen LogP contribution >= 0.6 is 0 Å². The van der Waals surface area contributed by atoms with E-state index in [1.54, 1.807) is 0 Å². The Labute approximate surface area is 202 Å². The van der Waals surface area contributed by atoms with Crippen LogP contribution in [-0.2, 0) is 20.7 Å². The van der Waals surface area contributed by atoms with Crippen LogP contribution in [0.3, 0.4) is 0 Å². The number of hydrogen-bond donors (Lipinski definition) is 0. The van der Waals surface area contributed by atoms with Crippen LogP contribution in [0.2, 0.25) is 0 Å². The highest BCUT2D eigenvalue weighted by molar-refractivity contribution is 5.66. The summed E-state index contributed by atoms with van der Waals surface area (Å²) in [4.78, 5) is 12.0. The van der Waals surface area contributed by atoms with Gasteiger partial charge in [0.25, 0.3) is 0 Å². The number of rotatable bonds is 6. The minimum absolute atomic E-state index is 0.149. The molecule has 0 amide bonds. The Hall–Kier alpha value is -2.53. The lowest BCUT2D eigenvalue weighted by Gasteiger charge is -2.44. The molecular formula is C29H36O5. The van der Waals surface area contributed by atoms with Crippen LogP contribution in [0.25, 0.3) is 0 Å². The molecular weight excluding hydrogens is 428 g/mol. The topological polar surface area (TPSA) is 54.0 Å². The SMILES string of the molecule is CC[C@H]1O[C@@H](c2ccc(C3CC3)c(Cc3ccc4c(c3)OCCO4)c2)[C@H](OC(C)=O)[C@@H](C)C1C. The van der Waals surface area contributed by atoms with E-state index in [1.807, 2.05) is 6.07 Å². The van der Waals surface area contributed by atoms with Crippen molar-refractivity contribution in [1.82, 2.24) is 0 Å². The van der Waals surface area contributed by atoms with Gasteiger partial charge in [0.15, 0.2) is 11.5 Å². The van der Waals surface area contributed by atoms with Crippen molar-refractivity contribution in [3.8, 4) is 11.5 Å². The maximum absolute atomic E-state index is 12.0. The monoisotopic (exact) mass is 464 g/mol. The van der Waals surface area contributed by atoms with E-state index in [2.05, 4.69) is 51.1 Å². The van der Waals surface area contributed by atoms with E-state index in [4.69, 9.17) is 18.9 Å². The second kappa shape index (κ2) is 9.61. The Balaban J connectivity index is 1.48. The van der Waals surface area contributed by atoms with Crippen molar-refractivity contribution in [2.45, 2.75) is 77.6 Å². The minimum atomic E-state index is -0.288. The molecule has 1 saturated carbocycles. The van der Waals surface area contributed by atoms with E-state index in [0.717, 1.165) is 29.9 Å². The summed E-state index contributed by atoms with van der Waals surface area (Å²) in [5.74, 6) is 2.58. The predicted octanol–water partition coefficient (Wildman–Crippen LogP) is 5.98. The number of benzene rings is 2. The quantitative estimate of drug-likeness (QED) is 0.492. The van der Waals surface area contributed by atoms with Crippen LogP contribution in [0.4, 0.5) is 0 Å². The molecule has 2 aliphatic heterocycles. The van der Waals surface area contributed by atoms with Gasteiger partial charge in [0.2, 0.25) is 0 Å². The van der Waals surface area contributed by atoms with Gasteiger partial charge >= 0.3 is 5.97 Å². The molecule has 5 heteroatoms. The fourth-order valence-electron chi connectivity index (χ4n) is 5.57. The summed E-state index contributed by atoms with van der Waals surface area (Å²) in [5.41, 5.74) is 5.05. The van der Waals surface area contributed by atoms with Crippen molar-refractivity contribution in [2.75, 3.05) is 13.2 Å². The summed E-state index contributed by atoms with van der Waals surface area (Å²) in [5, 5.41) is 0. The zero-order valence-corrected chi connectivity index (χ0v) is 20.7. The molecule has 182 valence electrons. The van der Waals surface area contributed by atoms with E-state index in [1.165, 1.54) is 36.5 Å². The van der Waals surface area contributed by atoms with Gasteiger partial charge in [-0.2, -0.15) is 0 Å². The molecule has 0 radical (unpaired) electrons. The molecule has 0 aromatic heterocycles. The minimum Gasteiger partial charge on any atom is -0.486 e. The van der Waals surface area contributed by atoms with E-state index >= 15 is 0 Å². The van der Waals surface area contributed by atoms with Gasteiger partial charge in [-0.3, -0.25) is 4.79 Å². The average Bonchev–Trinajstić information content (AvgIpc) is 3.67. The first-order chi connectivity index (χ1) is 16.4. The smallest absolute Gasteiger partial charge is 0.303 e. The summed E-state index contributed by atoms with van der Waals surface area (Å²) < 4.78 is 24.0. The highest BCUT2D eigenvalue weighted by Crippen LogP contribution is 2.45. The van der Waals surface area contributed by atoms with Gasteiger partial charge in [-0.25, -0.2) is 0 Å². The fourth-order valence-corrected chi connectivity index (χ4v) is 5.57. The molecule has 3 aliphatic rings. The van der Waals surface area contributed by atoms with Crippen molar-refractivity contribution >= 4 is 5.97 Å². The molecule has 2 heterocycles. The summed E-state index contributed by atoms with van der Waals surface area (Å²) in [7, 11) is 0. The van der Waals surface area contributed by atoms with Crippen LogP contribution in [0.5, 0.6) is 11.5 Å². The van der Waals surface area contributed by atoms with Gasteiger partial charge in [0, 0.05) is 12.8 Å². The molecule has 5 atom stereocenters. The van der Waals surface area contributed by atoms with Gasteiger partial charge in [-0.1, -0.05) is 45.0 Å². The number of carbonyl (C=O) groups is 1. The molecule has 0 N–H and O–H groups in total. The Bertz CT molecular complexity index is 1040. The second-order valence-electron chi connectivity index (χ2n) is 10.2. The summed E-state index contributed by atoms with van der Waals surface area (Å²) >= 11 is 0. The average molecular weight is 465 g/mol. The van der Waals surface area contributed by atoms with Crippen LogP contribution in [0.1, 0.15) is 81.2 Å². The maximum atomic E-state index is 12.0. The second-order valence-corrected chi connectivity index (χ2v) is 10.2. The zero-order chi connectivity index (χ0) is 23.8. The van der Waals surface area contributed by atoms with E-state index in [0.29, 0.717) is 25.0 Å². The predicted molar refractivity (Wildman–Crippen MR) is 130 cm³/mol. The number of carbonyl (C=O) groups excluding carboxylic acids is 1. The van der Waals surface area contributed by atoms with Crippen molar-refractivity contribution in [3.63, 3.8) is 0 Å². The summed E-state index contributed by atoms with van der Waals surface area (Å²) in [6.45, 7) is 9.23. The number of ether oxygens (including phenoxy) is 4. The van der Waals surface area contributed by atoms with Crippen LogP contribution < -0.4 is 9.47 Å². The third kappa shape index (κ3) is 4.68. The lowest BCUT2D eigenvalue weighted by molar-refractivity contribution is -0.196. The molecule has 1 aliphatic carbocycles. The molecule has 34 heavy (non-hydrogen) atoms. The van der Waals surface area contributed by atoms with Gasteiger partial charge < -0.3 is 18.9 Å². The molecule has 2 aromatic carbocycles. The van der Waals surface area contributed by atoms with Gasteiger partial charge in [-0.05, 0) is 71.9 Å². The molecule has 5 nitrogen and oxygen atoms in total. The fraction of sp³-hybridized carbons (Fsp3) is 0.552. The first kappa shape index (κ1) is 23.2. The van der Waals surface area contributed by atoms with Crippen LogP contribution in [0, 0.1) is 11.8 Å². The third-order valence-corrected chi connectivity index (χ3v) is 7.77. The van der Waals surface area contributed by atoms with Crippen LogP contribution in [-0.4, -0.2) is 31.4 Å². The largest absolute Gasteiger partial charge is 0.486 e. The number of hydrogen-bond acceptors (Lipinski definition) is 5. The van der Waals surface area contributed by atoms with Crippen molar-refractivity contribution in [2.24, 2.45) is 11.8 Å². The lowest BCUT2D eigenvalue weighted by Crippen LogP contribution is -2.46. The Kier molecular flexibility index (Phi) is 6.57. The molecule has 0 bridgehead atoms. The number of fused-ring (bicyclic) bond motifs is 1. The Morgan fingerprint density at radius 1 is 1.00 bits per heavy atom. The zero-order valence-electron chi connectivity index (χ0n) is 20.7. The first-order valence-electron chi connectivity index (χ1n) is 12.8. The number of esters is 1. The van der Waals surface area contributed by atoms with Gasteiger partial charge in [0.05, 0.1) is 6.10 Å². The van der Waals surface area contributed by atoms with E-state index in [9.17, 15) is 4.79 Å². The lowest BCUT2D eigenvalue weighted by atomic mass is 9.78. The standard InChI is InChI=1S/C29H36O5/c1-5-25-17(2)18(3)28(33-19(4)30)29(34-25)22-9-10-24(21-7-8-21)23(16-22)14-20-6-11-26-27(15-20)32-13-12-31-26/h6,9-11,15-18,21,25,28-29H,5,7-8,12-14H2,1-4H3/t17?,18-,25+,28+,29-/m0/s1. The first-order valence-corrected chi connectivity index (χ1v) is 12.8. The Morgan fingerprint density at radius 3 is 2.47 bits per heavy atom. The van der Waals surface area contributed by atoms with Crippen LogP contribution in [0.15, 0.2) is 36.4 Å². The Morgan fingerprint density at radius 2 is 1.76 bits per heavy atom. The molecule has 2 aromatic rings. The summed E-state index contributed by atoms with van der Waals surface area (Å²) in [6.07, 6.45) is 3.86. The van der Waals surface area contributed by atoms with Crippen molar-refractivity contribution < 1.29 is 23.7 Å². The molecule has 1 saturated heterocycles. The summed E-state index contributed by atoms with van der Waals surface area (Å²) in [6, 6.07) is 13.0. The van der Waals surface area contributed by atoms with E-state index < -0.39 is 0 Å². The van der Waals surface area contributed by atoms with Crippen molar-refractivity contribution in [3.05, 3.63) is 58.7 Å². The van der Waals surface area contributed by atoms with Gasteiger partial charge in [-0.15, -0.1) is 0 Å². The maximum Gasteiger partial charge on any atom is 0.303 e. The van der Waals surface area contributed by atoms with Crippen molar-refractivity contribution in [1.29, 1.82) is 0 Å². The molecule has 2 fully saturated rings. The normalized spacial score (nSPS) is 28.4. The van der Waals surface area contributed by atoms with Gasteiger partial charge in [0.1, 0.15) is 25.4 Å². The highest BCUT2D eigenvalue weighted by atomic mass is 16.6. The molecule has 1 unspecified atom stereocenters. The van der Waals surface area contributed by atoms with E-state index in [-0.39, 0.29) is 30.2 Å². The third-order valence-electron chi connectivity index (χ3n) is 7.77.